The van der Waals surface area contributed by atoms with Crippen molar-refractivity contribution in [3.63, 3.8) is 0 Å². The van der Waals surface area contributed by atoms with E-state index in [9.17, 15) is 18.4 Å². The van der Waals surface area contributed by atoms with E-state index in [2.05, 4.69) is 10.3 Å². The topological polar surface area (TPSA) is 71.2 Å². The molecular formula is C13H10F2N2O3. The molecule has 0 bridgehead atoms. The Morgan fingerprint density at radius 3 is 2.75 bits per heavy atom. The number of ether oxygens (including phenoxy) is 1. The Hall–Kier alpha value is -2.70. The number of hydrogen-bond donors (Lipinski definition) is 2. The lowest BCUT2D eigenvalue weighted by Gasteiger charge is -2.07. The molecular weight excluding hydrogens is 270 g/mol. The smallest absolute Gasteiger partial charge is 0.355 e. The van der Waals surface area contributed by atoms with Crippen LogP contribution < -0.4 is 5.32 Å². The van der Waals surface area contributed by atoms with E-state index in [4.69, 9.17) is 4.74 Å². The fraction of sp³-hybridized carbons (Fsp3) is 0.0769. The number of hydrogen-bond acceptors (Lipinski definition) is 3. The molecule has 0 atom stereocenters. The largest absolute Gasteiger partial charge is 0.451 e. The first-order valence-corrected chi connectivity index (χ1v) is 5.61. The zero-order valence-corrected chi connectivity index (χ0v) is 10.2. The second kappa shape index (κ2) is 5.96. The third-order valence-electron chi connectivity index (χ3n) is 2.35. The van der Waals surface area contributed by atoms with Gasteiger partial charge in [0.2, 0.25) is 0 Å². The van der Waals surface area contributed by atoms with Crippen LogP contribution in [0.3, 0.4) is 0 Å². The summed E-state index contributed by atoms with van der Waals surface area (Å²) in [5.74, 6) is -2.96. The first kappa shape index (κ1) is 13.7. The van der Waals surface area contributed by atoms with Crippen molar-refractivity contribution >= 4 is 17.6 Å². The van der Waals surface area contributed by atoms with Gasteiger partial charge >= 0.3 is 5.97 Å². The molecule has 0 aliphatic carbocycles. The molecule has 20 heavy (non-hydrogen) atoms. The number of nitrogens with one attached hydrogen (secondary N) is 2. The lowest BCUT2D eigenvalue weighted by Crippen LogP contribution is -2.21. The number of anilines is 1. The second-order valence-corrected chi connectivity index (χ2v) is 3.83. The predicted molar refractivity (Wildman–Crippen MR) is 66.1 cm³/mol. The number of halogens is 2. The zero-order valence-electron chi connectivity index (χ0n) is 10.2. The van der Waals surface area contributed by atoms with E-state index in [1.54, 1.807) is 6.07 Å². The minimum Gasteiger partial charge on any atom is -0.451 e. The van der Waals surface area contributed by atoms with Crippen LogP contribution in [-0.2, 0) is 9.53 Å². The molecule has 1 aromatic carbocycles. The molecule has 1 aromatic heterocycles. The van der Waals surface area contributed by atoms with Crippen LogP contribution in [0, 0.1) is 11.6 Å². The second-order valence-electron chi connectivity index (χ2n) is 3.83. The van der Waals surface area contributed by atoms with Crippen LogP contribution >= 0.6 is 0 Å². The number of carbonyl (C=O) groups is 2. The Kier molecular flexibility index (Phi) is 4.09. The fourth-order valence-electron chi connectivity index (χ4n) is 1.45. The SMILES string of the molecule is O=C(COC(=O)c1ccc[nH]1)Nc1cc(F)ccc1F. The highest BCUT2D eigenvalue weighted by molar-refractivity contribution is 5.94. The number of carbonyl (C=O) groups excluding carboxylic acids is 2. The van der Waals surface area contributed by atoms with Gasteiger partial charge in [0, 0.05) is 12.3 Å². The molecule has 7 heteroatoms. The van der Waals surface area contributed by atoms with E-state index in [1.807, 2.05) is 0 Å². The van der Waals surface area contributed by atoms with Gasteiger partial charge in [-0.15, -0.1) is 0 Å². The van der Waals surface area contributed by atoms with E-state index in [0.717, 1.165) is 18.2 Å². The molecule has 0 aliphatic rings. The summed E-state index contributed by atoms with van der Waals surface area (Å²) in [6, 6.07) is 5.72. The summed E-state index contributed by atoms with van der Waals surface area (Å²) in [4.78, 5) is 25.5. The van der Waals surface area contributed by atoms with Crippen LogP contribution in [0.5, 0.6) is 0 Å². The van der Waals surface area contributed by atoms with Gasteiger partial charge < -0.3 is 15.0 Å². The fourth-order valence-corrected chi connectivity index (χ4v) is 1.45. The standard InChI is InChI=1S/C13H10F2N2O3/c14-8-3-4-9(15)11(6-8)17-12(18)7-20-13(19)10-2-1-5-16-10/h1-6,16H,7H2,(H,17,18). The Morgan fingerprint density at radius 1 is 1.25 bits per heavy atom. The van der Waals surface area contributed by atoms with Gasteiger partial charge in [0.05, 0.1) is 5.69 Å². The summed E-state index contributed by atoms with van der Waals surface area (Å²) in [6.07, 6.45) is 1.53. The highest BCUT2D eigenvalue weighted by Gasteiger charge is 2.12. The van der Waals surface area contributed by atoms with Crippen molar-refractivity contribution in [3.05, 3.63) is 53.9 Å². The average molecular weight is 280 g/mol. The molecule has 0 radical (unpaired) electrons. The van der Waals surface area contributed by atoms with Crippen molar-refractivity contribution in [2.24, 2.45) is 0 Å². The van der Waals surface area contributed by atoms with E-state index in [-0.39, 0.29) is 11.4 Å². The summed E-state index contributed by atoms with van der Waals surface area (Å²) in [5, 5.41) is 2.11. The summed E-state index contributed by atoms with van der Waals surface area (Å²) < 4.78 is 30.8. The van der Waals surface area contributed by atoms with Crippen LogP contribution in [0.15, 0.2) is 36.5 Å². The number of amides is 1. The lowest BCUT2D eigenvalue weighted by molar-refractivity contribution is -0.119. The van der Waals surface area contributed by atoms with Gasteiger partial charge in [0.25, 0.3) is 5.91 Å². The van der Waals surface area contributed by atoms with Crippen molar-refractivity contribution in [1.82, 2.24) is 4.98 Å². The van der Waals surface area contributed by atoms with E-state index in [1.165, 1.54) is 12.3 Å². The van der Waals surface area contributed by atoms with Gasteiger partial charge in [-0.1, -0.05) is 0 Å². The predicted octanol–water partition coefficient (Wildman–Crippen LogP) is 2.09. The Bertz CT molecular complexity index is 627. The molecule has 0 fully saturated rings. The molecule has 2 aromatic rings. The van der Waals surface area contributed by atoms with Crippen LogP contribution in [0.2, 0.25) is 0 Å². The minimum atomic E-state index is -0.782. The quantitative estimate of drug-likeness (QED) is 0.842. The summed E-state index contributed by atoms with van der Waals surface area (Å²) >= 11 is 0. The number of rotatable bonds is 4. The van der Waals surface area contributed by atoms with Crippen LogP contribution in [0.4, 0.5) is 14.5 Å². The molecule has 0 spiro atoms. The zero-order chi connectivity index (χ0) is 14.5. The Morgan fingerprint density at radius 2 is 2.05 bits per heavy atom. The highest BCUT2D eigenvalue weighted by Crippen LogP contribution is 2.15. The maximum Gasteiger partial charge on any atom is 0.355 e. The number of esters is 1. The molecule has 5 nitrogen and oxygen atoms in total. The summed E-state index contributed by atoms with van der Waals surface area (Å²) in [6.45, 7) is -0.603. The molecule has 2 rings (SSSR count). The molecule has 2 N–H and O–H groups in total. The van der Waals surface area contributed by atoms with E-state index in [0.29, 0.717) is 0 Å². The van der Waals surface area contributed by atoms with Crippen molar-refractivity contribution < 1.29 is 23.1 Å². The maximum atomic E-state index is 13.3. The number of aromatic amines is 1. The third-order valence-corrected chi connectivity index (χ3v) is 2.35. The molecule has 0 saturated carbocycles. The van der Waals surface area contributed by atoms with Crippen LogP contribution in [0.1, 0.15) is 10.5 Å². The van der Waals surface area contributed by atoms with Gasteiger partial charge in [-0.2, -0.15) is 0 Å². The summed E-state index contributed by atoms with van der Waals surface area (Å²) in [5.41, 5.74) is -0.124. The van der Waals surface area contributed by atoms with Gasteiger partial charge in [-0.3, -0.25) is 4.79 Å². The average Bonchev–Trinajstić information content (AvgIpc) is 2.94. The van der Waals surface area contributed by atoms with Gasteiger partial charge in [-0.25, -0.2) is 13.6 Å². The first-order chi connectivity index (χ1) is 9.56. The molecule has 0 unspecified atom stereocenters. The summed E-state index contributed by atoms with van der Waals surface area (Å²) in [7, 11) is 0. The molecule has 1 heterocycles. The van der Waals surface area contributed by atoms with Crippen molar-refractivity contribution in [1.29, 1.82) is 0 Å². The normalized spacial score (nSPS) is 10.1. The van der Waals surface area contributed by atoms with E-state index < -0.39 is 30.1 Å². The van der Waals surface area contributed by atoms with Crippen molar-refractivity contribution in [2.45, 2.75) is 0 Å². The van der Waals surface area contributed by atoms with Gasteiger partial charge in [-0.05, 0) is 24.3 Å². The molecule has 1 amide bonds. The monoisotopic (exact) mass is 280 g/mol. The van der Waals surface area contributed by atoms with E-state index >= 15 is 0 Å². The molecule has 104 valence electrons. The lowest BCUT2D eigenvalue weighted by atomic mass is 10.3. The van der Waals surface area contributed by atoms with Crippen molar-refractivity contribution in [2.75, 3.05) is 11.9 Å². The van der Waals surface area contributed by atoms with Gasteiger partial charge in [0.15, 0.2) is 6.61 Å². The Balaban J connectivity index is 1.90. The minimum absolute atomic E-state index is 0.190. The van der Waals surface area contributed by atoms with Crippen LogP contribution in [0.25, 0.3) is 0 Å². The number of aromatic nitrogens is 1. The molecule has 0 saturated heterocycles. The van der Waals surface area contributed by atoms with Gasteiger partial charge in [0.1, 0.15) is 17.3 Å². The third kappa shape index (κ3) is 3.41. The van der Waals surface area contributed by atoms with Crippen molar-refractivity contribution in [3.8, 4) is 0 Å². The highest BCUT2D eigenvalue weighted by atomic mass is 19.1. The molecule has 0 aliphatic heterocycles. The first-order valence-electron chi connectivity index (χ1n) is 5.61. The van der Waals surface area contributed by atoms with Crippen LogP contribution in [-0.4, -0.2) is 23.5 Å². The number of H-pyrrole nitrogens is 1. The maximum absolute atomic E-state index is 13.3. The Labute approximate surface area is 112 Å². The number of benzene rings is 1.